The maximum atomic E-state index is 13.4. The maximum absolute atomic E-state index is 13.4. The van der Waals surface area contributed by atoms with Crippen molar-refractivity contribution < 1.29 is 9.13 Å². The van der Waals surface area contributed by atoms with Crippen LogP contribution in [-0.2, 0) is 13.2 Å². The normalized spacial score (nSPS) is 10.9. The number of halogens is 1. The summed E-state index contributed by atoms with van der Waals surface area (Å²) >= 11 is 0. The molecule has 3 heteroatoms. The minimum atomic E-state index is -0.234. The van der Waals surface area contributed by atoms with Gasteiger partial charge in [0.05, 0.1) is 0 Å². The maximum Gasteiger partial charge on any atom is 0.129 e. The Morgan fingerprint density at radius 3 is 2.33 bits per heavy atom. The number of nitrogens with one attached hydrogen (secondary N) is 1. The van der Waals surface area contributed by atoms with Gasteiger partial charge >= 0.3 is 0 Å². The molecule has 0 heterocycles. The summed E-state index contributed by atoms with van der Waals surface area (Å²) in [5.74, 6) is 0.325. The molecule has 2 nitrogen and oxygen atoms in total. The third kappa shape index (κ3) is 4.87. The van der Waals surface area contributed by atoms with Gasteiger partial charge < -0.3 is 10.1 Å². The van der Waals surface area contributed by atoms with Gasteiger partial charge in [0.2, 0.25) is 0 Å². The molecule has 2 aromatic carbocycles. The Morgan fingerprint density at radius 2 is 1.71 bits per heavy atom. The third-order valence-electron chi connectivity index (χ3n) is 3.29. The molecule has 0 aromatic heterocycles. The standard InChI is InChI=1S/C18H22FNO/c1-13(2)20-11-15-5-7-16(8-6-15)12-21-17-9-4-14(3)18(19)10-17/h4-10,13,20H,11-12H2,1-3H3. The Hall–Kier alpha value is -1.87. The molecule has 2 rings (SSSR count). The van der Waals surface area contributed by atoms with Crippen LogP contribution in [-0.4, -0.2) is 6.04 Å². The quantitative estimate of drug-likeness (QED) is 0.859. The molecule has 0 aliphatic rings. The molecule has 0 aliphatic heterocycles. The van der Waals surface area contributed by atoms with Gasteiger partial charge in [-0.1, -0.05) is 44.2 Å². The van der Waals surface area contributed by atoms with Gasteiger partial charge in [0.15, 0.2) is 0 Å². The van der Waals surface area contributed by atoms with E-state index in [9.17, 15) is 4.39 Å². The molecule has 0 aliphatic carbocycles. The van der Waals surface area contributed by atoms with E-state index in [0.717, 1.165) is 12.1 Å². The van der Waals surface area contributed by atoms with Crippen LogP contribution in [0.3, 0.4) is 0 Å². The molecule has 1 N–H and O–H groups in total. The third-order valence-corrected chi connectivity index (χ3v) is 3.29. The minimum absolute atomic E-state index is 0.234. The molecule has 0 saturated carbocycles. The molecule has 2 aromatic rings. The lowest BCUT2D eigenvalue weighted by Gasteiger charge is -2.10. The zero-order valence-electron chi connectivity index (χ0n) is 12.8. The van der Waals surface area contributed by atoms with Crippen molar-refractivity contribution in [2.45, 2.75) is 40.0 Å². The van der Waals surface area contributed by atoms with E-state index in [2.05, 4.69) is 31.3 Å². The van der Waals surface area contributed by atoms with Gasteiger partial charge in [0, 0.05) is 18.7 Å². The summed E-state index contributed by atoms with van der Waals surface area (Å²) in [6.07, 6.45) is 0. The summed E-state index contributed by atoms with van der Waals surface area (Å²) < 4.78 is 19.0. The molecule has 0 bridgehead atoms. The molecular weight excluding hydrogens is 265 g/mol. The smallest absolute Gasteiger partial charge is 0.129 e. The molecule has 0 unspecified atom stereocenters. The van der Waals surface area contributed by atoms with Crippen molar-refractivity contribution in [2.75, 3.05) is 0 Å². The average molecular weight is 287 g/mol. The van der Waals surface area contributed by atoms with Crippen molar-refractivity contribution in [3.8, 4) is 5.75 Å². The van der Waals surface area contributed by atoms with Gasteiger partial charge in [0.25, 0.3) is 0 Å². The van der Waals surface area contributed by atoms with Crippen LogP contribution in [0.4, 0.5) is 4.39 Å². The van der Waals surface area contributed by atoms with Crippen LogP contribution in [0.5, 0.6) is 5.75 Å². The summed E-state index contributed by atoms with van der Waals surface area (Å²) in [7, 11) is 0. The summed E-state index contributed by atoms with van der Waals surface area (Å²) in [5, 5.41) is 3.38. The Labute approximate surface area is 126 Å². The van der Waals surface area contributed by atoms with Gasteiger partial charge in [-0.25, -0.2) is 4.39 Å². The lowest BCUT2D eigenvalue weighted by molar-refractivity contribution is 0.304. The topological polar surface area (TPSA) is 21.3 Å². The zero-order chi connectivity index (χ0) is 15.2. The first kappa shape index (κ1) is 15.5. The fourth-order valence-corrected chi connectivity index (χ4v) is 1.91. The highest BCUT2D eigenvalue weighted by Gasteiger charge is 2.01. The summed E-state index contributed by atoms with van der Waals surface area (Å²) in [6.45, 7) is 7.30. The van der Waals surface area contributed by atoms with Crippen molar-refractivity contribution in [3.05, 3.63) is 65.0 Å². The van der Waals surface area contributed by atoms with Crippen LogP contribution in [0, 0.1) is 12.7 Å². The number of hydrogen-bond acceptors (Lipinski definition) is 2. The van der Waals surface area contributed by atoms with Crippen molar-refractivity contribution in [2.24, 2.45) is 0 Å². The van der Waals surface area contributed by atoms with E-state index in [0.29, 0.717) is 24.0 Å². The fourth-order valence-electron chi connectivity index (χ4n) is 1.91. The van der Waals surface area contributed by atoms with Crippen LogP contribution >= 0.6 is 0 Å². The largest absolute Gasteiger partial charge is 0.489 e. The van der Waals surface area contributed by atoms with Gasteiger partial charge in [-0.15, -0.1) is 0 Å². The molecule has 21 heavy (non-hydrogen) atoms. The van der Waals surface area contributed by atoms with Gasteiger partial charge in [-0.05, 0) is 29.7 Å². The second kappa shape index (κ2) is 7.23. The molecule has 0 saturated heterocycles. The van der Waals surface area contributed by atoms with Crippen molar-refractivity contribution in [1.29, 1.82) is 0 Å². The van der Waals surface area contributed by atoms with E-state index in [1.807, 2.05) is 12.1 Å². The predicted molar refractivity (Wildman–Crippen MR) is 83.9 cm³/mol. The SMILES string of the molecule is Cc1ccc(OCc2ccc(CNC(C)C)cc2)cc1F. The zero-order valence-corrected chi connectivity index (χ0v) is 12.8. The lowest BCUT2D eigenvalue weighted by Crippen LogP contribution is -2.21. The van der Waals surface area contributed by atoms with Crippen LogP contribution < -0.4 is 10.1 Å². The molecule has 0 amide bonds. The Morgan fingerprint density at radius 1 is 1.05 bits per heavy atom. The van der Waals surface area contributed by atoms with E-state index < -0.39 is 0 Å². The van der Waals surface area contributed by atoms with Gasteiger partial charge in [-0.2, -0.15) is 0 Å². The lowest BCUT2D eigenvalue weighted by atomic mass is 10.1. The van der Waals surface area contributed by atoms with Crippen molar-refractivity contribution >= 4 is 0 Å². The van der Waals surface area contributed by atoms with E-state index in [4.69, 9.17) is 4.74 Å². The number of rotatable bonds is 6. The van der Waals surface area contributed by atoms with E-state index in [1.54, 1.807) is 19.1 Å². The second-order valence-corrected chi connectivity index (χ2v) is 5.55. The Balaban J connectivity index is 1.89. The van der Waals surface area contributed by atoms with Crippen LogP contribution in [0.15, 0.2) is 42.5 Å². The van der Waals surface area contributed by atoms with Crippen molar-refractivity contribution in [3.63, 3.8) is 0 Å². The van der Waals surface area contributed by atoms with Gasteiger partial charge in [0.1, 0.15) is 18.2 Å². The van der Waals surface area contributed by atoms with Gasteiger partial charge in [-0.3, -0.25) is 0 Å². The summed E-state index contributed by atoms with van der Waals surface area (Å²) in [4.78, 5) is 0. The fraction of sp³-hybridized carbons (Fsp3) is 0.333. The first-order valence-corrected chi connectivity index (χ1v) is 7.25. The number of aryl methyl sites for hydroxylation is 1. The van der Waals surface area contributed by atoms with Crippen molar-refractivity contribution in [1.82, 2.24) is 5.32 Å². The first-order valence-electron chi connectivity index (χ1n) is 7.25. The van der Waals surface area contributed by atoms with Crippen LogP contribution in [0.25, 0.3) is 0 Å². The molecule has 0 atom stereocenters. The molecule has 0 fully saturated rings. The summed E-state index contributed by atoms with van der Waals surface area (Å²) in [6, 6.07) is 13.7. The number of hydrogen-bond donors (Lipinski definition) is 1. The predicted octanol–water partition coefficient (Wildman–Crippen LogP) is 4.21. The number of ether oxygens (including phenoxy) is 1. The highest BCUT2D eigenvalue weighted by Crippen LogP contribution is 2.17. The molecule has 0 spiro atoms. The highest BCUT2D eigenvalue weighted by molar-refractivity contribution is 5.29. The Kier molecular flexibility index (Phi) is 5.34. The Bertz CT molecular complexity index is 578. The van der Waals surface area contributed by atoms with E-state index in [1.165, 1.54) is 11.6 Å². The van der Waals surface area contributed by atoms with Crippen LogP contribution in [0.2, 0.25) is 0 Å². The first-order chi connectivity index (χ1) is 10.0. The molecule has 112 valence electrons. The molecule has 0 radical (unpaired) electrons. The second-order valence-electron chi connectivity index (χ2n) is 5.55. The van der Waals surface area contributed by atoms with E-state index >= 15 is 0 Å². The molecular formula is C18H22FNO. The minimum Gasteiger partial charge on any atom is -0.489 e. The van der Waals surface area contributed by atoms with Crippen LogP contribution in [0.1, 0.15) is 30.5 Å². The highest BCUT2D eigenvalue weighted by atomic mass is 19.1. The van der Waals surface area contributed by atoms with E-state index in [-0.39, 0.29) is 5.82 Å². The average Bonchev–Trinajstić information content (AvgIpc) is 2.47. The summed E-state index contributed by atoms with van der Waals surface area (Å²) in [5.41, 5.74) is 2.95. The number of benzene rings is 2. The monoisotopic (exact) mass is 287 g/mol.